The highest BCUT2D eigenvalue weighted by Gasteiger charge is 2.45. The highest BCUT2D eigenvalue weighted by molar-refractivity contribution is 5.79. The maximum atomic E-state index is 12.8. The summed E-state index contributed by atoms with van der Waals surface area (Å²) in [5.41, 5.74) is 13.7. The number of aliphatic hydroxyl groups excluding tert-OH is 1. The molecule has 7 rings (SSSR count). The number of anilines is 1. The Morgan fingerprint density at radius 2 is 1.74 bits per heavy atom. The Morgan fingerprint density at radius 3 is 2.41 bits per heavy atom. The molecule has 4 aromatic rings. The van der Waals surface area contributed by atoms with Crippen molar-refractivity contribution in [1.82, 2.24) is 29.8 Å². The number of aliphatic hydroxyl groups is 1. The van der Waals surface area contributed by atoms with Crippen molar-refractivity contribution in [2.24, 2.45) is 0 Å². The van der Waals surface area contributed by atoms with Crippen molar-refractivity contribution in [2.75, 3.05) is 18.9 Å². The first-order chi connectivity index (χ1) is 19.1. The molecule has 1 aromatic carbocycles. The monoisotopic (exact) mass is 523 g/mol. The van der Waals surface area contributed by atoms with Crippen molar-refractivity contribution in [3.8, 4) is 22.4 Å². The van der Waals surface area contributed by atoms with Crippen molar-refractivity contribution in [2.45, 2.75) is 62.4 Å². The summed E-state index contributed by atoms with van der Waals surface area (Å²) in [5.74, 6) is 1.36. The fraction of sp³-hybridized carbons (Fsp3) is 0.400. The molecule has 2 saturated heterocycles. The van der Waals surface area contributed by atoms with Gasteiger partial charge in [-0.1, -0.05) is 36.4 Å². The Bertz CT molecular complexity index is 1500. The Morgan fingerprint density at radius 1 is 0.974 bits per heavy atom. The van der Waals surface area contributed by atoms with E-state index in [1.165, 1.54) is 0 Å². The number of nitrogens with zero attached hydrogens (tertiary/aromatic N) is 5. The summed E-state index contributed by atoms with van der Waals surface area (Å²) in [6.07, 6.45) is 9.73. The number of nitrogen functional groups attached to an aromatic ring is 1. The van der Waals surface area contributed by atoms with Crippen LogP contribution in [0.25, 0.3) is 28.0 Å². The average Bonchev–Trinajstić information content (AvgIpc) is 3.66. The van der Waals surface area contributed by atoms with Gasteiger partial charge in [0.2, 0.25) is 0 Å². The summed E-state index contributed by atoms with van der Waals surface area (Å²) in [7, 11) is 0. The molecular weight excluding hydrogens is 490 g/mol. The normalized spacial score (nSPS) is 22.4. The van der Waals surface area contributed by atoms with Crippen LogP contribution in [0, 0.1) is 0 Å². The zero-order valence-electron chi connectivity index (χ0n) is 21.8. The molecule has 0 spiro atoms. The number of aromatic nitrogens is 4. The van der Waals surface area contributed by atoms with Gasteiger partial charge in [-0.15, -0.1) is 0 Å². The van der Waals surface area contributed by atoms with E-state index >= 15 is 0 Å². The van der Waals surface area contributed by atoms with E-state index < -0.39 is 0 Å². The summed E-state index contributed by atoms with van der Waals surface area (Å²) in [6, 6.07) is 14.5. The molecule has 2 amide bonds. The van der Waals surface area contributed by atoms with Crippen LogP contribution in [0.5, 0.6) is 0 Å². The lowest BCUT2D eigenvalue weighted by atomic mass is 9.85. The van der Waals surface area contributed by atoms with E-state index in [0.29, 0.717) is 11.7 Å². The summed E-state index contributed by atoms with van der Waals surface area (Å²) < 4.78 is 1.80. The molecular formula is C30H33N7O2. The largest absolute Gasteiger partial charge is 0.395 e. The minimum absolute atomic E-state index is 0.0519. The van der Waals surface area contributed by atoms with Crippen LogP contribution in [0.4, 0.5) is 10.6 Å². The van der Waals surface area contributed by atoms with E-state index in [0.717, 1.165) is 77.8 Å². The van der Waals surface area contributed by atoms with Crippen molar-refractivity contribution in [3.63, 3.8) is 0 Å². The predicted octanol–water partition coefficient (Wildman–Crippen LogP) is 4.33. The number of piperidine rings is 1. The number of urea groups is 1. The highest BCUT2D eigenvalue weighted by atomic mass is 16.3. The third-order valence-electron chi connectivity index (χ3n) is 8.62. The first-order valence-corrected chi connectivity index (χ1v) is 14.0. The first-order valence-electron chi connectivity index (χ1n) is 14.0. The lowest BCUT2D eigenvalue weighted by Gasteiger charge is -2.39. The van der Waals surface area contributed by atoms with Gasteiger partial charge in [0, 0.05) is 53.0 Å². The quantitative estimate of drug-likeness (QED) is 0.346. The summed E-state index contributed by atoms with van der Waals surface area (Å²) in [4.78, 5) is 24.8. The molecule has 3 aliphatic rings. The van der Waals surface area contributed by atoms with Crippen molar-refractivity contribution >= 4 is 17.5 Å². The summed E-state index contributed by atoms with van der Waals surface area (Å²) in [5, 5.41) is 16.6. The van der Waals surface area contributed by atoms with Gasteiger partial charge in [0.1, 0.15) is 5.82 Å². The average molecular weight is 524 g/mol. The van der Waals surface area contributed by atoms with Gasteiger partial charge in [-0.3, -0.25) is 4.98 Å². The zero-order chi connectivity index (χ0) is 26.5. The molecule has 9 nitrogen and oxygen atoms in total. The number of fused-ring (bicyclic) bond motifs is 3. The molecule has 2 bridgehead atoms. The van der Waals surface area contributed by atoms with Crippen molar-refractivity contribution < 1.29 is 9.90 Å². The van der Waals surface area contributed by atoms with Crippen LogP contribution in [0.3, 0.4) is 0 Å². The van der Waals surface area contributed by atoms with Crippen LogP contribution in [0.1, 0.15) is 61.6 Å². The van der Waals surface area contributed by atoms with Gasteiger partial charge >= 0.3 is 6.03 Å². The van der Waals surface area contributed by atoms with E-state index in [4.69, 9.17) is 20.8 Å². The SMILES string of the molecule is Nc1c(C2CC2)c([C@H]2C[C@H]3CC[C@@H](C2)N3C(=O)NCCO)nc2c(-c3ccc(-c4ccccc4)nc3)cnn12. The minimum Gasteiger partial charge on any atom is -0.395 e. The molecule has 1 aliphatic carbocycles. The number of carbonyl (C=O) groups excluding carboxylic acids is 1. The molecule has 2 aliphatic heterocycles. The predicted molar refractivity (Wildman–Crippen MR) is 149 cm³/mol. The number of carbonyl (C=O) groups is 1. The van der Waals surface area contributed by atoms with Crippen LogP contribution in [0.15, 0.2) is 54.9 Å². The van der Waals surface area contributed by atoms with E-state index in [1.807, 2.05) is 41.6 Å². The maximum absolute atomic E-state index is 12.8. The van der Waals surface area contributed by atoms with Gasteiger partial charge in [0.05, 0.1) is 24.2 Å². The van der Waals surface area contributed by atoms with E-state index in [1.54, 1.807) is 4.52 Å². The lowest BCUT2D eigenvalue weighted by molar-refractivity contribution is 0.135. The second-order valence-corrected chi connectivity index (χ2v) is 11.1. The van der Waals surface area contributed by atoms with Crippen LogP contribution in [-0.4, -0.2) is 60.9 Å². The van der Waals surface area contributed by atoms with Crippen molar-refractivity contribution in [3.05, 3.63) is 66.1 Å². The molecule has 0 unspecified atom stereocenters. The number of benzene rings is 1. The second-order valence-electron chi connectivity index (χ2n) is 11.1. The van der Waals surface area contributed by atoms with Gasteiger partial charge in [0.15, 0.2) is 5.65 Å². The van der Waals surface area contributed by atoms with Gasteiger partial charge < -0.3 is 21.1 Å². The molecule has 4 N–H and O–H groups in total. The number of rotatable bonds is 6. The van der Waals surface area contributed by atoms with Crippen molar-refractivity contribution in [1.29, 1.82) is 0 Å². The fourth-order valence-corrected chi connectivity index (χ4v) is 6.67. The molecule has 1 saturated carbocycles. The number of hydrogen-bond donors (Lipinski definition) is 3. The van der Waals surface area contributed by atoms with E-state index in [9.17, 15) is 4.79 Å². The molecule has 3 atom stereocenters. The van der Waals surface area contributed by atoms with Gasteiger partial charge in [0.25, 0.3) is 0 Å². The number of pyridine rings is 1. The number of nitrogens with two attached hydrogens (primary N) is 1. The summed E-state index contributed by atoms with van der Waals surface area (Å²) >= 11 is 0. The molecule has 5 heterocycles. The summed E-state index contributed by atoms with van der Waals surface area (Å²) in [6.45, 7) is 0.230. The van der Waals surface area contributed by atoms with Gasteiger partial charge in [-0.2, -0.15) is 9.61 Å². The van der Waals surface area contributed by atoms with Gasteiger partial charge in [-0.25, -0.2) is 9.78 Å². The first kappa shape index (κ1) is 24.1. The number of nitrogens with one attached hydrogen (secondary N) is 1. The van der Waals surface area contributed by atoms with Crippen LogP contribution >= 0.6 is 0 Å². The van der Waals surface area contributed by atoms with E-state index in [2.05, 4.69) is 28.6 Å². The lowest BCUT2D eigenvalue weighted by Crippen LogP contribution is -2.51. The molecule has 200 valence electrons. The molecule has 3 aromatic heterocycles. The van der Waals surface area contributed by atoms with E-state index in [-0.39, 0.29) is 37.2 Å². The fourth-order valence-electron chi connectivity index (χ4n) is 6.67. The van der Waals surface area contributed by atoms with Crippen LogP contribution < -0.4 is 11.1 Å². The Balaban J connectivity index is 1.24. The highest BCUT2D eigenvalue weighted by Crippen LogP contribution is 2.50. The Kier molecular flexibility index (Phi) is 5.96. The van der Waals surface area contributed by atoms with Gasteiger partial charge in [-0.05, 0) is 50.5 Å². The third-order valence-corrected chi connectivity index (χ3v) is 8.62. The third kappa shape index (κ3) is 4.21. The zero-order valence-corrected chi connectivity index (χ0v) is 21.8. The Hall–Kier alpha value is -3.98. The standard InChI is InChI=1S/C30H33N7O2/c31-28-26(19-6-7-19)27(21-14-22-9-10-23(15-21)36(22)30(39)32-12-13-38)35-29-24(17-34-37(28)29)20-8-11-25(33-16-20)18-4-2-1-3-5-18/h1-5,8,11,16-17,19,21-23,38H,6-7,9-10,12-15,31H2,(H,32,39)/t21-,22+,23-. The molecule has 39 heavy (non-hydrogen) atoms. The van der Waals surface area contributed by atoms with Crippen LogP contribution in [-0.2, 0) is 0 Å². The topological polar surface area (TPSA) is 122 Å². The molecule has 9 heteroatoms. The maximum Gasteiger partial charge on any atom is 0.317 e. The molecule has 3 fully saturated rings. The Labute approximate surface area is 227 Å². The smallest absolute Gasteiger partial charge is 0.317 e. The molecule has 0 radical (unpaired) electrons. The number of amides is 2. The minimum atomic E-state index is -0.0649. The number of hydrogen-bond acceptors (Lipinski definition) is 6. The second kappa shape index (κ2) is 9.64. The van der Waals surface area contributed by atoms with Crippen LogP contribution in [0.2, 0.25) is 0 Å².